The molecule has 0 aliphatic heterocycles. The van der Waals surface area contributed by atoms with Crippen molar-refractivity contribution in [3.8, 4) is 11.4 Å². The molecular formula is C24H28N2O2. The molecule has 0 unspecified atom stereocenters. The quantitative estimate of drug-likeness (QED) is 0.560. The van der Waals surface area contributed by atoms with Crippen molar-refractivity contribution >= 4 is 5.97 Å². The molecule has 0 aliphatic rings. The molecule has 0 bridgehead atoms. The predicted octanol–water partition coefficient (Wildman–Crippen LogP) is 5.72. The van der Waals surface area contributed by atoms with E-state index in [-0.39, 0.29) is 18.0 Å². The number of carbonyl (C=O) groups excluding carboxylic acids is 1. The lowest BCUT2D eigenvalue weighted by Gasteiger charge is -2.17. The van der Waals surface area contributed by atoms with Crippen LogP contribution in [0.5, 0.6) is 0 Å². The van der Waals surface area contributed by atoms with Gasteiger partial charge < -0.3 is 9.72 Å². The molecule has 28 heavy (non-hydrogen) atoms. The fourth-order valence-electron chi connectivity index (χ4n) is 3.02. The first-order chi connectivity index (χ1) is 13.3. The van der Waals surface area contributed by atoms with E-state index in [0.29, 0.717) is 11.5 Å². The molecule has 4 heteroatoms. The highest BCUT2D eigenvalue weighted by molar-refractivity contribution is 5.89. The van der Waals surface area contributed by atoms with E-state index >= 15 is 0 Å². The molecule has 1 aromatic heterocycles. The lowest BCUT2D eigenvalue weighted by Crippen LogP contribution is -2.11. The average Bonchev–Trinajstić information content (AvgIpc) is 3.09. The van der Waals surface area contributed by atoms with Crippen molar-refractivity contribution in [3.63, 3.8) is 0 Å². The van der Waals surface area contributed by atoms with Crippen LogP contribution < -0.4 is 0 Å². The Hall–Kier alpha value is -2.88. The number of carbonyl (C=O) groups is 1. The van der Waals surface area contributed by atoms with Crippen molar-refractivity contribution in [2.75, 3.05) is 0 Å². The smallest absolute Gasteiger partial charge is 0.359 e. The van der Waals surface area contributed by atoms with Crippen molar-refractivity contribution in [2.45, 2.75) is 47.1 Å². The first-order valence-corrected chi connectivity index (χ1v) is 9.69. The highest BCUT2D eigenvalue weighted by atomic mass is 16.5. The molecule has 0 saturated carbocycles. The SMILES string of the molecule is Cc1ccccc1-c1nc(C(=O)OCc2ccccc2)c(CCC(C)(C)C)[nH]1. The topological polar surface area (TPSA) is 55.0 Å². The zero-order chi connectivity index (χ0) is 20.1. The fraction of sp³-hybridized carbons (Fsp3) is 0.333. The van der Waals surface area contributed by atoms with Gasteiger partial charge in [0, 0.05) is 11.3 Å². The third-order valence-corrected chi connectivity index (χ3v) is 4.71. The number of esters is 1. The predicted molar refractivity (Wildman–Crippen MR) is 112 cm³/mol. The summed E-state index contributed by atoms with van der Waals surface area (Å²) in [5.74, 6) is 0.331. The van der Waals surface area contributed by atoms with Gasteiger partial charge in [0.25, 0.3) is 0 Å². The van der Waals surface area contributed by atoms with Crippen LogP contribution in [0.3, 0.4) is 0 Å². The van der Waals surface area contributed by atoms with Crippen LogP contribution in [0.4, 0.5) is 0 Å². The molecule has 0 amide bonds. The maximum absolute atomic E-state index is 12.8. The van der Waals surface area contributed by atoms with E-state index in [4.69, 9.17) is 4.74 Å². The maximum Gasteiger partial charge on any atom is 0.359 e. The summed E-state index contributed by atoms with van der Waals surface area (Å²) in [5, 5.41) is 0. The number of imidazole rings is 1. The Morgan fingerprint density at radius 2 is 1.71 bits per heavy atom. The molecule has 1 heterocycles. The molecule has 0 radical (unpaired) electrons. The fourth-order valence-corrected chi connectivity index (χ4v) is 3.02. The van der Waals surface area contributed by atoms with Gasteiger partial charge in [-0.25, -0.2) is 9.78 Å². The standard InChI is InChI=1S/C24H28N2O2/c1-17-10-8-9-13-19(17)22-25-20(14-15-24(2,3)4)21(26-22)23(27)28-16-18-11-6-5-7-12-18/h5-13H,14-16H2,1-4H3,(H,25,26). The van der Waals surface area contributed by atoms with Gasteiger partial charge >= 0.3 is 5.97 Å². The number of rotatable bonds is 6. The Morgan fingerprint density at radius 1 is 1.04 bits per heavy atom. The molecule has 0 fully saturated rings. The lowest BCUT2D eigenvalue weighted by molar-refractivity contribution is 0.0465. The first kappa shape index (κ1) is 19.9. The van der Waals surface area contributed by atoms with Crippen LogP contribution >= 0.6 is 0 Å². The summed E-state index contributed by atoms with van der Waals surface area (Å²) in [4.78, 5) is 20.8. The van der Waals surface area contributed by atoms with Gasteiger partial charge in [0.1, 0.15) is 12.4 Å². The summed E-state index contributed by atoms with van der Waals surface area (Å²) in [6.45, 7) is 8.86. The van der Waals surface area contributed by atoms with E-state index in [0.717, 1.165) is 35.2 Å². The minimum absolute atomic E-state index is 0.166. The van der Waals surface area contributed by atoms with Gasteiger partial charge in [-0.15, -0.1) is 0 Å². The molecule has 0 aliphatic carbocycles. The summed E-state index contributed by atoms with van der Waals surface area (Å²) in [5.41, 5.74) is 4.47. The number of hydrogen-bond donors (Lipinski definition) is 1. The van der Waals surface area contributed by atoms with Crippen molar-refractivity contribution in [1.29, 1.82) is 0 Å². The van der Waals surface area contributed by atoms with E-state index in [2.05, 4.69) is 30.7 Å². The molecule has 3 aromatic rings. The van der Waals surface area contributed by atoms with E-state index in [9.17, 15) is 4.79 Å². The van der Waals surface area contributed by atoms with Crippen LogP contribution in [-0.2, 0) is 17.8 Å². The van der Waals surface area contributed by atoms with E-state index in [1.807, 2.05) is 61.5 Å². The summed E-state index contributed by atoms with van der Waals surface area (Å²) in [6.07, 6.45) is 1.69. The van der Waals surface area contributed by atoms with Crippen molar-refractivity contribution in [1.82, 2.24) is 9.97 Å². The van der Waals surface area contributed by atoms with Gasteiger partial charge in [0.05, 0.1) is 0 Å². The van der Waals surface area contributed by atoms with Crippen LogP contribution in [-0.4, -0.2) is 15.9 Å². The second-order valence-corrected chi connectivity index (χ2v) is 8.35. The van der Waals surface area contributed by atoms with Gasteiger partial charge in [-0.1, -0.05) is 75.4 Å². The van der Waals surface area contributed by atoms with Crippen LogP contribution in [0.2, 0.25) is 0 Å². The number of ether oxygens (including phenoxy) is 1. The highest BCUT2D eigenvalue weighted by Gasteiger charge is 2.22. The third kappa shape index (κ3) is 5.10. The van der Waals surface area contributed by atoms with Crippen molar-refractivity contribution in [2.24, 2.45) is 5.41 Å². The second-order valence-electron chi connectivity index (χ2n) is 8.35. The Morgan fingerprint density at radius 3 is 2.39 bits per heavy atom. The highest BCUT2D eigenvalue weighted by Crippen LogP contribution is 2.26. The Kier molecular flexibility index (Phi) is 5.98. The maximum atomic E-state index is 12.8. The molecule has 2 aromatic carbocycles. The summed E-state index contributed by atoms with van der Waals surface area (Å²) < 4.78 is 5.54. The first-order valence-electron chi connectivity index (χ1n) is 9.69. The minimum atomic E-state index is -0.385. The average molecular weight is 377 g/mol. The Bertz CT molecular complexity index is 937. The molecule has 4 nitrogen and oxygen atoms in total. The number of aromatic nitrogens is 2. The van der Waals surface area contributed by atoms with Gasteiger partial charge in [-0.3, -0.25) is 0 Å². The molecule has 1 N–H and O–H groups in total. The monoisotopic (exact) mass is 376 g/mol. The van der Waals surface area contributed by atoms with E-state index < -0.39 is 0 Å². The lowest BCUT2D eigenvalue weighted by atomic mass is 9.89. The van der Waals surface area contributed by atoms with Crippen molar-refractivity contribution in [3.05, 3.63) is 77.1 Å². The normalized spacial score (nSPS) is 11.4. The number of hydrogen-bond acceptors (Lipinski definition) is 3. The van der Waals surface area contributed by atoms with Crippen LogP contribution in [0.25, 0.3) is 11.4 Å². The number of benzene rings is 2. The van der Waals surface area contributed by atoms with Gasteiger partial charge in [-0.2, -0.15) is 0 Å². The molecule has 0 saturated heterocycles. The van der Waals surface area contributed by atoms with Crippen LogP contribution in [0.1, 0.15) is 54.5 Å². The van der Waals surface area contributed by atoms with Crippen molar-refractivity contribution < 1.29 is 9.53 Å². The number of aromatic amines is 1. The zero-order valence-electron chi connectivity index (χ0n) is 17.1. The number of nitrogens with one attached hydrogen (secondary N) is 1. The van der Waals surface area contributed by atoms with E-state index in [1.54, 1.807) is 0 Å². The number of nitrogens with zero attached hydrogens (tertiary/aromatic N) is 1. The zero-order valence-corrected chi connectivity index (χ0v) is 17.1. The second kappa shape index (κ2) is 8.42. The molecule has 3 rings (SSSR count). The summed E-state index contributed by atoms with van der Waals surface area (Å²) in [7, 11) is 0. The minimum Gasteiger partial charge on any atom is -0.456 e. The van der Waals surface area contributed by atoms with Gasteiger partial charge in [0.2, 0.25) is 0 Å². The van der Waals surface area contributed by atoms with Gasteiger partial charge in [-0.05, 0) is 36.3 Å². The molecule has 0 spiro atoms. The van der Waals surface area contributed by atoms with Crippen LogP contribution in [0.15, 0.2) is 54.6 Å². The van der Waals surface area contributed by atoms with Gasteiger partial charge in [0.15, 0.2) is 5.69 Å². The van der Waals surface area contributed by atoms with E-state index in [1.165, 1.54) is 0 Å². The summed E-state index contributed by atoms with van der Waals surface area (Å²) in [6, 6.07) is 17.7. The third-order valence-electron chi connectivity index (χ3n) is 4.71. The summed E-state index contributed by atoms with van der Waals surface area (Å²) >= 11 is 0. The Labute approximate surface area is 167 Å². The molecule has 146 valence electrons. The van der Waals surface area contributed by atoms with Crippen LogP contribution in [0, 0.1) is 12.3 Å². The largest absolute Gasteiger partial charge is 0.456 e. The number of aryl methyl sites for hydroxylation is 2. The molecular weight excluding hydrogens is 348 g/mol. The molecule has 0 atom stereocenters. The Balaban J connectivity index is 1.86. The number of H-pyrrole nitrogens is 1.